The normalized spacial score (nSPS) is 13.5. The number of Topliss-reactive ketones (excluding diaryl/α,β-unsaturated/α-hetero) is 1. The molecular weight excluding hydrogens is 610 g/mol. The molecule has 47 heavy (non-hydrogen) atoms. The summed E-state index contributed by atoms with van der Waals surface area (Å²) in [7, 11) is 0. The number of aromatic nitrogens is 1. The number of nitrogens with zero attached hydrogens (tertiary/aromatic N) is 1. The highest BCUT2D eigenvalue weighted by molar-refractivity contribution is 6.03. The molecule has 2 aromatic carbocycles. The van der Waals surface area contributed by atoms with Gasteiger partial charge in [-0.2, -0.15) is 0 Å². The Hall–Kier alpha value is -5.25. The van der Waals surface area contributed by atoms with Crippen LogP contribution in [-0.4, -0.2) is 87.9 Å². The van der Waals surface area contributed by atoms with E-state index in [1.165, 1.54) is 6.20 Å². The molecule has 0 bridgehead atoms. The zero-order chi connectivity index (χ0) is 34.3. The number of rotatable bonds is 19. The third kappa shape index (κ3) is 11.9. The second kappa shape index (κ2) is 18.0. The molecule has 15 nitrogen and oxygen atoms in total. The summed E-state index contributed by atoms with van der Waals surface area (Å²) in [5, 5.41) is 29.5. The van der Waals surface area contributed by atoms with E-state index >= 15 is 0 Å². The summed E-state index contributed by atoms with van der Waals surface area (Å²) >= 11 is 0. The van der Waals surface area contributed by atoms with Crippen molar-refractivity contribution in [2.45, 2.75) is 56.3 Å². The highest BCUT2D eigenvalue weighted by Crippen LogP contribution is 2.17. The first-order chi connectivity index (χ1) is 22.4. The Morgan fingerprint density at radius 2 is 1.53 bits per heavy atom. The quantitative estimate of drug-likeness (QED) is 0.0627. The molecule has 10 N–H and O–H groups in total. The zero-order valence-corrected chi connectivity index (χ0v) is 25.6. The number of para-hydroxylation sites is 1. The minimum absolute atomic E-state index is 0.0209. The standard InChI is InChI=1S/C32H39N7O8/c33-22(16-27(41)42)29(43)35-14-6-11-24(37-18-26(40)28(34)32(46)47)30(44)39-25(13-12-19-7-2-1-3-8-19)31(45)38-21-15-20-9-4-5-10-23(20)36-17-21/h1-5,7-10,15,17,22,24-25,28,37H,6,11-14,16,18,33-34H2,(H,35,43)(H,38,45)(H,39,44)(H,41,42)(H,46,47)/t22-,24-,25+,28-/m0/s1. The van der Waals surface area contributed by atoms with Crippen LogP contribution in [0.5, 0.6) is 0 Å². The van der Waals surface area contributed by atoms with Gasteiger partial charge >= 0.3 is 11.9 Å². The van der Waals surface area contributed by atoms with Crippen molar-refractivity contribution in [1.82, 2.24) is 20.9 Å². The van der Waals surface area contributed by atoms with Gasteiger partial charge in [0.1, 0.15) is 6.04 Å². The van der Waals surface area contributed by atoms with Gasteiger partial charge in [0.05, 0.1) is 42.5 Å². The fourth-order valence-electron chi connectivity index (χ4n) is 4.59. The number of benzene rings is 2. The molecule has 15 heteroatoms. The minimum Gasteiger partial charge on any atom is -0.481 e. The molecule has 0 fully saturated rings. The number of anilines is 1. The molecule has 0 radical (unpaired) electrons. The Kier molecular flexibility index (Phi) is 13.9. The molecular formula is C32H39N7O8. The molecule has 1 aromatic heterocycles. The summed E-state index contributed by atoms with van der Waals surface area (Å²) < 4.78 is 0. The first kappa shape index (κ1) is 36.2. The van der Waals surface area contributed by atoms with Crippen LogP contribution in [0, 0.1) is 0 Å². The van der Waals surface area contributed by atoms with E-state index in [4.69, 9.17) is 21.7 Å². The zero-order valence-electron chi connectivity index (χ0n) is 25.6. The molecule has 3 aromatic rings. The van der Waals surface area contributed by atoms with Crippen molar-refractivity contribution in [3.05, 3.63) is 72.4 Å². The number of pyridine rings is 1. The van der Waals surface area contributed by atoms with Crippen LogP contribution >= 0.6 is 0 Å². The van der Waals surface area contributed by atoms with E-state index in [-0.39, 0.29) is 25.8 Å². The van der Waals surface area contributed by atoms with Crippen molar-refractivity contribution in [1.29, 1.82) is 0 Å². The van der Waals surface area contributed by atoms with Gasteiger partial charge in [0.15, 0.2) is 11.8 Å². The molecule has 0 aliphatic carbocycles. The van der Waals surface area contributed by atoms with Crippen molar-refractivity contribution in [2.75, 3.05) is 18.4 Å². The predicted molar refractivity (Wildman–Crippen MR) is 172 cm³/mol. The first-order valence-corrected chi connectivity index (χ1v) is 14.9. The summed E-state index contributed by atoms with van der Waals surface area (Å²) in [4.78, 5) is 77.8. The van der Waals surface area contributed by atoms with Crippen molar-refractivity contribution in [3.8, 4) is 0 Å². The predicted octanol–water partition coefficient (Wildman–Crippen LogP) is -0.0715. The number of carboxylic acids is 2. The molecule has 0 spiro atoms. The van der Waals surface area contributed by atoms with E-state index in [0.29, 0.717) is 12.1 Å². The van der Waals surface area contributed by atoms with Crippen LogP contribution in [0.25, 0.3) is 10.9 Å². The first-order valence-electron chi connectivity index (χ1n) is 14.9. The van der Waals surface area contributed by atoms with E-state index in [1.807, 2.05) is 54.6 Å². The van der Waals surface area contributed by atoms with E-state index < -0.39 is 72.6 Å². The van der Waals surface area contributed by atoms with Gasteiger partial charge in [-0.25, -0.2) is 0 Å². The minimum atomic E-state index is -1.80. The van der Waals surface area contributed by atoms with E-state index in [0.717, 1.165) is 16.5 Å². The molecule has 0 unspecified atom stereocenters. The maximum Gasteiger partial charge on any atom is 0.328 e. The van der Waals surface area contributed by atoms with Gasteiger partial charge in [0.25, 0.3) is 0 Å². The largest absolute Gasteiger partial charge is 0.481 e. The Balaban J connectivity index is 1.74. The number of fused-ring (bicyclic) bond motifs is 1. The smallest absolute Gasteiger partial charge is 0.328 e. The summed E-state index contributed by atoms with van der Waals surface area (Å²) in [6, 6.07) is 13.3. The molecule has 1 heterocycles. The van der Waals surface area contributed by atoms with Gasteiger partial charge in [0.2, 0.25) is 17.7 Å². The molecule has 4 atom stereocenters. The summed E-state index contributed by atoms with van der Waals surface area (Å²) in [6.45, 7) is -0.530. The number of hydrogen-bond acceptors (Lipinski definition) is 10. The van der Waals surface area contributed by atoms with Crippen molar-refractivity contribution < 1.29 is 39.0 Å². The van der Waals surface area contributed by atoms with Gasteiger partial charge in [-0.3, -0.25) is 39.1 Å². The van der Waals surface area contributed by atoms with Crippen LogP contribution in [0.4, 0.5) is 5.69 Å². The number of hydrogen-bond donors (Lipinski definition) is 8. The van der Waals surface area contributed by atoms with Crippen LogP contribution in [0.1, 0.15) is 31.2 Å². The van der Waals surface area contributed by atoms with Gasteiger partial charge < -0.3 is 37.6 Å². The van der Waals surface area contributed by atoms with Crippen LogP contribution in [-0.2, 0) is 35.2 Å². The number of aliphatic carboxylic acids is 2. The lowest BCUT2D eigenvalue weighted by Gasteiger charge is -2.24. The van der Waals surface area contributed by atoms with E-state index in [1.54, 1.807) is 6.07 Å². The second-order valence-corrected chi connectivity index (χ2v) is 10.8. The molecule has 0 saturated carbocycles. The Morgan fingerprint density at radius 1 is 0.830 bits per heavy atom. The number of aryl methyl sites for hydroxylation is 1. The number of carbonyl (C=O) groups is 6. The van der Waals surface area contributed by atoms with Crippen LogP contribution in [0.2, 0.25) is 0 Å². The van der Waals surface area contributed by atoms with Crippen molar-refractivity contribution in [2.24, 2.45) is 11.5 Å². The Morgan fingerprint density at radius 3 is 2.23 bits per heavy atom. The van der Waals surface area contributed by atoms with E-state index in [9.17, 15) is 28.8 Å². The van der Waals surface area contributed by atoms with Crippen molar-refractivity contribution in [3.63, 3.8) is 0 Å². The lowest BCUT2D eigenvalue weighted by Crippen LogP contribution is -2.54. The molecule has 0 aliphatic heterocycles. The topological polar surface area (TPSA) is 256 Å². The SMILES string of the molecule is N[C@H](C(=O)O)C(=O)CN[C@@H](CCCNC(=O)[C@@H](N)CC(=O)O)C(=O)N[C@H](CCc1ccccc1)C(=O)Nc1cnc2ccccc2c1. The molecule has 0 aliphatic rings. The highest BCUT2D eigenvalue weighted by Gasteiger charge is 2.28. The average molecular weight is 650 g/mol. The van der Waals surface area contributed by atoms with Gasteiger partial charge in [-0.1, -0.05) is 48.5 Å². The monoisotopic (exact) mass is 649 g/mol. The number of nitrogens with one attached hydrogen (secondary N) is 4. The van der Waals surface area contributed by atoms with Gasteiger partial charge in [-0.15, -0.1) is 0 Å². The highest BCUT2D eigenvalue weighted by atomic mass is 16.4. The number of carboxylic acid groups (broad SMARTS) is 2. The number of nitrogens with two attached hydrogens (primary N) is 2. The fourth-order valence-corrected chi connectivity index (χ4v) is 4.59. The Labute approximate surface area is 270 Å². The molecule has 3 amide bonds. The summed E-state index contributed by atoms with van der Waals surface area (Å²) in [5.74, 6) is -5.48. The lowest BCUT2D eigenvalue weighted by molar-refractivity contribution is -0.142. The summed E-state index contributed by atoms with van der Waals surface area (Å²) in [6.07, 6.45) is 1.83. The number of ketones is 1. The van der Waals surface area contributed by atoms with Crippen LogP contribution < -0.4 is 32.7 Å². The third-order valence-electron chi connectivity index (χ3n) is 7.21. The van der Waals surface area contributed by atoms with Gasteiger partial charge in [-0.05, 0) is 43.4 Å². The van der Waals surface area contributed by atoms with Crippen LogP contribution in [0.15, 0.2) is 66.9 Å². The Bertz CT molecular complexity index is 1570. The van der Waals surface area contributed by atoms with E-state index in [2.05, 4.69) is 26.3 Å². The van der Waals surface area contributed by atoms with Crippen LogP contribution in [0.3, 0.4) is 0 Å². The molecule has 250 valence electrons. The molecule has 3 rings (SSSR count). The van der Waals surface area contributed by atoms with Gasteiger partial charge in [0, 0.05) is 11.9 Å². The number of amides is 3. The maximum atomic E-state index is 13.6. The number of carbonyl (C=O) groups excluding carboxylic acids is 4. The third-order valence-corrected chi connectivity index (χ3v) is 7.21. The lowest BCUT2D eigenvalue weighted by atomic mass is 10.0. The van der Waals surface area contributed by atoms with Crippen molar-refractivity contribution >= 4 is 52.0 Å². The fraction of sp³-hybridized carbons (Fsp3) is 0.344. The molecule has 0 saturated heterocycles. The average Bonchev–Trinajstić information content (AvgIpc) is 3.05. The second-order valence-electron chi connectivity index (χ2n) is 10.8. The summed E-state index contributed by atoms with van der Waals surface area (Å²) in [5.41, 5.74) is 13.1. The maximum absolute atomic E-state index is 13.6.